The fourth-order valence-corrected chi connectivity index (χ4v) is 2.71. The Labute approximate surface area is 99.9 Å². The lowest BCUT2D eigenvalue weighted by atomic mass is 10.3. The third-order valence-corrected chi connectivity index (χ3v) is 3.83. The van der Waals surface area contributed by atoms with E-state index in [0.29, 0.717) is 6.42 Å². The highest BCUT2D eigenvalue weighted by Gasteiger charge is 2.21. The Hall–Kier alpha value is -1.10. The van der Waals surface area contributed by atoms with Crippen molar-refractivity contribution >= 4 is 22.4 Å². The van der Waals surface area contributed by atoms with Crippen LogP contribution in [0.5, 0.6) is 0 Å². The molecule has 4 nitrogen and oxygen atoms in total. The smallest absolute Gasteiger partial charge is 0.222 e. The molecule has 1 aliphatic rings. The van der Waals surface area contributed by atoms with Gasteiger partial charge in [-0.3, -0.25) is 4.79 Å². The SMILES string of the molecule is CCC(=O)N1CCN(c2nc(C)cs2)CC1. The molecule has 2 rings (SSSR count). The second-order valence-corrected chi connectivity index (χ2v) is 4.83. The number of amides is 1. The second-order valence-electron chi connectivity index (χ2n) is 3.99. The molecule has 2 heterocycles. The maximum absolute atomic E-state index is 11.5. The molecule has 0 radical (unpaired) electrons. The average molecular weight is 239 g/mol. The Bertz CT molecular complexity index is 369. The fourth-order valence-electron chi connectivity index (χ4n) is 1.86. The summed E-state index contributed by atoms with van der Waals surface area (Å²) in [7, 11) is 0. The van der Waals surface area contributed by atoms with Gasteiger partial charge in [-0.25, -0.2) is 4.98 Å². The minimum Gasteiger partial charge on any atom is -0.345 e. The number of nitrogens with zero attached hydrogens (tertiary/aromatic N) is 3. The first-order chi connectivity index (χ1) is 7.70. The van der Waals surface area contributed by atoms with E-state index in [1.165, 1.54) is 0 Å². The molecule has 0 bridgehead atoms. The zero-order chi connectivity index (χ0) is 11.5. The number of aromatic nitrogens is 1. The first-order valence-electron chi connectivity index (χ1n) is 5.65. The van der Waals surface area contributed by atoms with E-state index < -0.39 is 0 Å². The topological polar surface area (TPSA) is 36.4 Å². The summed E-state index contributed by atoms with van der Waals surface area (Å²) in [5.41, 5.74) is 1.08. The van der Waals surface area contributed by atoms with Crippen LogP contribution in [0.2, 0.25) is 0 Å². The van der Waals surface area contributed by atoms with Crippen molar-refractivity contribution in [3.63, 3.8) is 0 Å². The molecule has 16 heavy (non-hydrogen) atoms. The minimum absolute atomic E-state index is 0.259. The largest absolute Gasteiger partial charge is 0.345 e. The van der Waals surface area contributed by atoms with Gasteiger partial charge in [0.25, 0.3) is 0 Å². The summed E-state index contributed by atoms with van der Waals surface area (Å²) in [5, 5.41) is 3.15. The quantitative estimate of drug-likeness (QED) is 0.785. The summed E-state index contributed by atoms with van der Waals surface area (Å²) in [6.45, 7) is 7.38. The molecule has 5 heteroatoms. The van der Waals surface area contributed by atoms with Crippen LogP contribution in [-0.2, 0) is 4.79 Å². The van der Waals surface area contributed by atoms with Crippen LogP contribution in [0.3, 0.4) is 0 Å². The van der Waals surface area contributed by atoms with Crippen molar-refractivity contribution in [3.8, 4) is 0 Å². The molecule has 0 aromatic carbocycles. The number of piperazine rings is 1. The number of aryl methyl sites for hydroxylation is 1. The lowest BCUT2D eigenvalue weighted by Crippen LogP contribution is -2.48. The lowest BCUT2D eigenvalue weighted by molar-refractivity contribution is -0.131. The van der Waals surface area contributed by atoms with Gasteiger partial charge in [-0.2, -0.15) is 0 Å². The normalized spacial score (nSPS) is 16.6. The molecular weight excluding hydrogens is 222 g/mol. The number of carbonyl (C=O) groups is 1. The maximum atomic E-state index is 11.5. The standard InChI is InChI=1S/C11H17N3OS/c1-3-10(15)13-4-6-14(7-5-13)11-12-9(2)8-16-11/h8H,3-7H2,1-2H3. The Morgan fingerprint density at radius 2 is 2.12 bits per heavy atom. The number of carbonyl (C=O) groups excluding carboxylic acids is 1. The van der Waals surface area contributed by atoms with Gasteiger partial charge in [0.15, 0.2) is 5.13 Å². The van der Waals surface area contributed by atoms with E-state index in [-0.39, 0.29) is 5.91 Å². The monoisotopic (exact) mass is 239 g/mol. The predicted molar refractivity (Wildman–Crippen MR) is 65.9 cm³/mol. The van der Waals surface area contributed by atoms with Crippen molar-refractivity contribution < 1.29 is 4.79 Å². The maximum Gasteiger partial charge on any atom is 0.222 e. The molecule has 0 spiro atoms. The van der Waals surface area contributed by atoms with E-state index in [2.05, 4.69) is 15.3 Å². The predicted octanol–water partition coefficient (Wildman–Crippen LogP) is 1.51. The van der Waals surface area contributed by atoms with Gasteiger partial charge in [0, 0.05) is 38.0 Å². The van der Waals surface area contributed by atoms with E-state index >= 15 is 0 Å². The summed E-state index contributed by atoms with van der Waals surface area (Å²) < 4.78 is 0. The summed E-state index contributed by atoms with van der Waals surface area (Å²) in [4.78, 5) is 20.2. The van der Waals surface area contributed by atoms with E-state index in [1.54, 1.807) is 11.3 Å². The highest BCUT2D eigenvalue weighted by atomic mass is 32.1. The van der Waals surface area contributed by atoms with Gasteiger partial charge in [0.05, 0.1) is 5.69 Å². The highest BCUT2D eigenvalue weighted by Crippen LogP contribution is 2.21. The zero-order valence-corrected chi connectivity index (χ0v) is 10.6. The molecule has 1 fully saturated rings. The van der Waals surface area contributed by atoms with Crippen LogP contribution >= 0.6 is 11.3 Å². The summed E-state index contributed by atoms with van der Waals surface area (Å²) >= 11 is 1.68. The molecule has 0 atom stereocenters. The van der Waals surface area contributed by atoms with Crippen LogP contribution in [0.1, 0.15) is 19.0 Å². The molecule has 1 amide bonds. The number of hydrogen-bond acceptors (Lipinski definition) is 4. The van der Waals surface area contributed by atoms with Crippen LogP contribution < -0.4 is 4.90 Å². The van der Waals surface area contributed by atoms with Gasteiger partial charge in [-0.1, -0.05) is 6.92 Å². The average Bonchev–Trinajstić information content (AvgIpc) is 2.75. The van der Waals surface area contributed by atoms with Crippen LogP contribution in [0.4, 0.5) is 5.13 Å². The van der Waals surface area contributed by atoms with Crippen molar-refractivity contribution in [1.82, 2.24) is 9.88 Å². The van der Waals surface area contributed by atoms with E-state index in [4.69, 9.17) is 0 Å². The fraction of sp³-hybridized carbons (Fsp3) is 0.636. The molecule has 0 saturated carbocycles. The molecule has 1 aliphatic heterocycles. The van der Waals surface area contributed by atoms with Crippen molar-refractivity contribution in [2.75, 3.05) is 31.1 Å². The molecule has 1 aromatic rings. The third kappa shape index (κ3) is 2.35. The Balaban J connectivity index is 1.92. The van der Waals surface area contributed by atoms with Gasteiger partial charge in [0.2, 0.25) is 5.91 Å². The van der Waals surface area contributed by atoms with Gasteiger partial charge in [-0.05, 0) is 6.92 Å². The highest BCUT2D eigenvalue weighted by molar-refractivity contribution is 7.13. The number of hydrogen-bond donors (Lipinski definition) is 0. The van der Waals surface area contributed by atoms with Gasteiger partial charge >= 0.3 is 0 Å². The van der Waals surface area contributed by atoms with Crippen LogP contribution in [-0.4, -0.2) is 42.0 Å². The van der Waals surface area contributed by atoms with Gasteiger partial charge < -0.3 is 9.80 Å². The van der Waals surface area contributed by atoms with Crippen LogP contribution in [0.15, 0.2) is 5.38 Å². The molecule has 1 saturated heterocycles. The van der Waals surface area contributed by atoms with Gasteiger partial charge in [-0.15, -0.1) is 11.3 Å². The zero-order valence-electron chi connectivity index (χ0n) is 9.77. The lowest BCUT2D eigenvalue weighted by Gasteiger charge is -2.34. The Morgan fingerprint density at radius 3 is 2.62 bits per heavy atom. The molecule has 0 unspecified atom stereocenters. The molecular formula is C11H17N3OS. The van der Waals surface area contributed by atoms with Crippen molar-refractivity contribution in [2.24, 2.45) is 0 Å². The summed E-state index contributed by atoms with van der Waals surface area (Å²) in [5.74, 6) is 0.259. The van der Waals surface area contributed by atoms with Crippen molar-refractivity contribution in [3.05, 3.63) is 11.1 Å². The minimum atomic E-state index is 0.259. The molecule has 0 N–H and O–H groups in total. The van der Waals surface area contributed by atoms with Crippen LogP contribution in [0.25, 0.3) is 0 Å². The number of anilines is 1. The molecule has 1 aromatic heterocycles. The van der Waals surface area contributed by atoms with E-state index in [1.807, 2.05) is 18.7 Å². The van der Waals surface area contributed by atoms with E-state index in [9.17, 15) is 4.79 Å². The van der Waals surface area contributed by atoms with Crippen molar-refractivity contribution in [1.29, 1.82) is 0 Å². The Morgan fingerprint density at radius 1 is 1.44 bits per heavy atom. The Kier molecular flexibility index (Phi) is 3.43. The van der Waals surface area contributed by atoms with E-state index in [0.717, 1.165) is 37.0 Å². The number of rotatable bonds is 2. The first kappa shape index (κ1) is 11.4. The summed E-state index contributed by atoms with van der Waals surface area (Å²) in [6, 6.07) is 0. The van der Waals surface area contributed by atoms with Crippen molar-refractivity contribution in [2.45, 2.75) is 20.3 Å². The summed E-state index contributed by atoms with van der Waals surface area (Å²) in [6.07, 6.45) is 0.608. The van der Waals surface area contributed by atoms with Crippen LogP contribution in [0, 0.1) is 6.92 Å². The number of thiazole rings is 1. The van der Waals surface area contributed by atoms with Gasteiger partial charge in [0.1, 0.15) is 0 Å². The second kappa shape index (κ2) is 4.82. The third-order valence-electron chi connectivity index (χ3n) is 2.81. The molecule has 88 valence electrons. The first-order valence-corrected chi connectivity index (χ1v) is 6.53. The molecule has 0 aliphatic carbocycles.